The van der Waals surface area contributed by atoms with Gasteiger partial charge in [-0.2, -0.15) is 0 Å². The van der Waals surface area contributed by atoms with E-state index in [1.807, 2.05) is 0 Å². The first-order valence-electron chi connectivity index (χ1n) is 10.6. The summed E-state index contributed by atoms with van der Waals surface area (Å²) in [6, 6.07) is 21.6. The fraction of sp³-hybridized carbons (Fsp3) is 0.308. The highest BCUT2D eigenvalue weighted by molar-refractivity contribution is 14.1. The third-order valence-electron chi connectivity index (χ3n) is 4.93. The van der Waals surface area contributed by atoms with Gasteiger partial charge >= 0.3 is 0 Å². The Labute approximate surface area is 207 Å². The van der Waals surface area contributed by atoms with Crippen LogP contribution in [0.15, 0.2) is 60.7 Å². The van der Waals surface area contributed by atoms with Crippen LogP contribution in [0.2, 0.25) is 0 Å². The monoisotopic (exact) mass is 626 g/mol. The number of unbranched alkanes of at least 4 members (excludes halogenated alkanes) is 2. The minimum atomic E-state index is 0.780. The van der Waals surface area contributed by atoms with Crippen LogP contribution in [-0.4, -0.2) is 13.2 Å². The number of benzene rings is 3. The van der Waals surface area contributed by atoms with E-state index >= 15 is 0 Å². The largest absolute Gasteiger partial charge is 0.492 e. The number of ether oxygens (including phenoxy) is 2. The molecule has 0 aliphatic heterocycles. The van der Waals surface area contributed by atoms with Crippen LogP contribution in [0.3, 0.4) is 0 Å². The molecular weight excluding hydrogens is 598 g/mol. The maximum absolute atomic E-state index is 5.88. The van der Waals surface area contributed by atoms with Crippen LogP contribution < -0.4 is 9.47 Å². The van der Waals surface area contributed by atoms with Crippen LogP contribution >= 0.6 is 45.2 Å². The van der Waals surface area contributed by atoms with Crippen molar-refractivity contribution in [3.05, 3.63) is 67.8 Å². The fourth-order valence-electron chi connectivity index (χ4n) is 3.10. The predicted octanol–water partition coefficient (Wildman–Crippen LogP) is 8.59. The summed E-state index contributed by atoms with van der Waals surface area (Å²) in [4.78, 5) is 0. The van der Waals surface area contributed by atoms with Crippen molar-refractivity contribution in [1.29, 1.82) is 0 Å². The van der Waals surface area contributed by atoms with Gasteiger partial charge in [0, 0.05) is 0 Å². The molecule has 0 saturated carbocycles. The molecule has 3 aromatic rings. The Hall–Kier alpha value is -1.28. The Kier molecular flexibility index (Phi) is 9.30. The van der Waals surface area contributed by atoms with Crippen LogP contribution in [0.1, 0.15) is 39.5 Å². The Bertz CT molecular complexity index is 873. The molecular formula is C26H28I2O2. The van der Waals surface area contributed by atoms with Gasteiger partial charge < -0.3 is 9.47 Å². The molecule has 0 aromatic heterocycles. The van der Waals surface area contributed by atoms with Crippen molar-refractivity contribution in [2.75, 3.05) is 13.2 Å². The zero-order chi connectivity index (χ0) is 21.3. The van der Waals surface area contributed by atoms with Crippen LogP contribution in [0.5, 0.6) is 11.5 Å². The Balaban J connectivity index is 1.72. The first kappa shape index (κ1) is 23.4. The summed E-state index contributed by atoms with van der Waals surface area (Å²) < 4.78 is 14.1. The second-order valence-corrected chi connectivity index (χ2v) is 9.60. The first-order valence-corrected chi connectivity index (χ1v) is 12.7. The number of halogens is 2. The van der Waals surface area contributed by atoms with Crippen molar-refractivity contribution in [1.82, 2.24) is 0 Å². The minimum absolute atomic E-state index is 0.780. The molecule has 0 saturated heterocycles. The van der Waals surface area contributed by atoms with Crippen molar-refractivity contribution in [3.63, 3.8) is 0 Å². The molecule has 3 rings (SSSR count). The molecule has 0 aliphatic rings. The molecule has 0 bridgehead atoms. The second-order valence-electron chi connectivity index (χ2n) is 7.27. The lowest BCUT2D eigenvalue weighted by molar-refractivity contribution is 0.307. The fourth-order valence-corrected chi connectivity index (χ4v) is 4.44. The molecule has 158 valence electrons. The van der Waals surface area contributed by atoms with Crippen molar-refractivity contribution < 1.29 is 9.47 Å². The standard InChI is InChI=1S/C26H28I2O2/c1-3-5-15-29-25-13-11-21(17-23(25)27)19-7-9-20(10-8-19)22-12-14-26(24(28)18-22)30-16-6-4-2/h7-14,17-18H,3-6,15-16H2,1-2H3. The highest BCUT2D eigenvalue weighted by Gasteiger charge is 2.07. The highest BCUT2D eigenvalue weighted by Crippen LogP contribution is 2.32. The lowest BCUT2D eigenvalue weighted by Crippen LogP contribution is -1.98. The van der Waals surface area contributed by atoms with Crippen LogP contribution in [0, 0.1) is 7.14 Å². The molecule has 0 fully saturated rings. The summed E-state index contributed by atoms with van der Waals surface area (Å²) in [6.07, 6.45) is 4.47. The minimum Gasteiger partial charge on any atom is -0.492 e. The van der Waals surface area contributed by atoms with E-state index in [-0.39, 0.29) is 0 Å². The van der Waals surface area contributed by atoms with Crippen LogP contribution in [0.4, 0.5) is 0 Å². The van der Waals surface area contributed by atoms with Gasteiger partial charge in [0.25, 0.3) is 0 Å². The van der Waals surface area contributed by atoms with E-state index < -0.39 is 0 Å². The van der Waals surface area contributed by atoms with E-state index in [0.717, 1.165) is 57.5 Å². The van der Waals surface area contributed by atoms with Crippen LogP contribution in [0.25, 0.3) is 22.3 Å². The van der Waals surface area contributed by atoms with E-state index in [1.54, 1.807) is 0 Å². The number of hydrogen-bond acceptors (Lipinski definition) is 2. The van der Waals surface area contributed by atoms with E-state index in [9.17, 15) is 0 Å². The molecule has 30 heavy (non-hydrogen) atoms. The topological polar surface area (TPSA) is 18.5 Å². The van der Waals surface area contributed by atoms with Gasteiger partial charge in [-0.25, -0.2) is 0 Å². The van der Waals surface area contributed by atoms with E-state index in [1.165, 1.54) is 22.3 Å². The quantitative estimate of drug-likeness (QED) is 0.166. The van der Waals surface area contributed by atoms with Gasteiger partial charge in [0.05, 0.1) is 20.4 Å². The summed E-state index contributed by atoms with van der Waals surface area (Å²) in [5, 5.41) is 0. The molecule has 0 spiro atoms. The Morgan fingerprint density at radius 1 is 0.567 bits per heavy atom. The maximum atomic E-state index is 5.88. The normalized spacial score (nSPS) is 10.8. The number of hydrogen-bond donors (Lipinski definition) is 0. The third-order valence-corrected chi connectivity index (χ3v) is 6.61. The average molecular weight is 626 g/mol. The molecule has 0 aliphatic carbocycles. The first-order chi connectivity index (χ1) is 14.6. The maximum Gasteiger partial charge on any atom is 0.132 e. The molecule has 0 radical (unpaired) electrons. The van der Waals surface area contributed by atoms with Crippen molar-refractivity contribution in [2.24, 2.45) is 0 Å². The zero-order valence-electron chi connectivity index (χ0n) is 17.6. The van der Waals surface area contributed by atoms with Gasteiger partial charge in [-0.3, -0.25) is 0 Å². The summed E-state index contributed by atoms with van der Waals surface area (Å²) in [7, 11) is 0. The smallest absolute Gasteiger partial charge is 0.132 e. The molecule has 0 N–H and O–H groups in total. The molecule has 3 aromatic carbocycles. The van der Waals surface area contributed by atoms with Gasteiger partial charge in [-0.05, 0) is 105 Å². The average Bonchev–Trinajstić information content (AvgIpc) is 2.76. The summed E-state index contributed by atoms with van der Waals surface area (Å²) >= 11 is 4.72. The zero-order valence-corrected chi connectivity index (χ0v) is 21.9. The van der Waals surface area contributed by atoms with Gasteiger partial charge in [0.2, 0.25) is 0 Å². The van der Waals surface area contributed by atoms with Crippen molar-refractivity contribution >= 4 is 45.2 Å². The van der Waals surface area contributed by atoms with Gasteiger partial charge in [-0.15, -0.1) is 0 Å². The predicted molar refractivity (Wildman–Crippen MR) is 144 cm³/mol. The lowest BCUT2D eigenvalue weighted by Gasteiger charge is -2.11. The third kappa shape index (κ3) is 6.36. The molecule has 4 heteroatoms. The summed E-state index contributed by atoms with van der Waals surface area (Å²) in [5.74, 6) is 1.94. The lowest BCUT2D eigenvalue weighted by atomic mass is 10.0. The SMILES string of the molecule is CCCCOc1ccc(-c2ccc(-c3ccc(OCCCC)c(I)c3)cc2)cc1I. The van der Waals surface area contributed by atoms with Crippen molar-refractivity contribution in [3.8, 4) is 33.8 Å². The van der Waals surface area contributed by atoms with Gasteiger partial charge in [0.15, 0.2) is 0 Å². The highest BCUT2D eigenvalue weighted by atomic mass is 127. The molecule has 0 unspecified atom stereocenters. The van der Waals surface area contributed by atoms with E-state index in [0.29, 0.717) is 0 Å². The Morgan fingerprint density at radius 3 is 1.27 bits per heavy atom. The van der Waals surface area contributed by atoms with E-state index in [4.69, 9.17) is 9.47 Å². The van der Waals surface area contributed by atoms with E-state index in [2.05, 4.69) is 120 Å². The van der Waals surface area contributed by atoms with Gasteiger partial charge in [-0.1, -0.05) is 63.1 Å². The van der Waals surface area contributed by atoms with Crippen molar-refractivity contribution in [2.45, 2.75) is 39.5 Å². The summed E-state index contributed by atoms with van der Waals surface area (Å²) in [5.41, 5.74) is 4.85. The molecule has 0 atom stereocenters. The molecule has 2 nitrogen and oxygen atoms in total. The van der Waals surface area contributed by atoms with Gasteiger partial charge in [0.1, 0.15) is 11.5 Å². The summed E-state index contributed by atoms with van der Waals surface area (Å²) in [6.45, 7) is 5.92. The van der Waals surface area contributed by atoms with Crippen LogP contribution in [-0.2, 0) is 0 Å². The second kappa shape index (κ2) is 11.9. The Morgan fingerprint density at radius 2 is 0.933 bits per heavy atom. The number of rotatable bonds is 10. The molecule has 0 heterocycles. The molecule has 0 amide bonds.